The van der Waals surface area contributed by atoms with Gasteiger partial charge in [-0.25, -0.2) is 0 Å². The van der Waals surface area contributed by atoms with E-state index in [9.17, 15) is 4.79 Å². The SMILES string of the molecule is COCCc1ccc(Cl)c(CC2(NC(C)=O)CC2)c1. The van der Waals surface area contributed by atoms with Gasteiger partial charge in [0.1, 0.15) is 0 Å². The van der Waals surface area contributed by atoms with E-state index in [1.807, 2.05) is 12.1 Å². The highest BCUT2D eigenvalue weighted by atomic mass is 35.5. The molecule has 4 heteroatoms. The van der Waals surface area contributed by atoms with E-state index in [4.69, 9.17) is 16.3 Å². The van der Waals surface area contributed by atoms with Crippen LogP contribution >= 0.6 is 11.6 Å². The molecule has 0 saturated heterocycles. The van der Waals surface area contributed by atoms with Crippen LogP contribution in [0.1, 0.15) is 30.9 Å². The van der Waals surface area contributed by atoms with Crippen molar-refractivity contribution < 1.29 is 9.53 Å². The maximum Gasteiger partial charge on any atom is 0.217 e. The first-order chi connectivity index (χ1) is 9.04. The Hall–Kier alpha value is -1.06. The van der Waals surface area contributed by atoms with E-state index in [0.717, 1.165) is 36.3 Å². The van der Waals surface area contributed by atoms with Crippen LogP contribution in [0.3, 0.4) is 0 Å². The third-order valence-corrected chi connectivity index (χ3v) is 3.90. The molecular formula is C15H20ClNO2. The number of ether oxygens (including phenoxy) is 1. The van der Waals surface area contributed by atoms with Crippen molar-refractivity contribution in [3.05, 3.63) is 34.3 Å². The monoisotopic (exact) mass is 281 g/mol. The summed E-state index contributed by atoms with van der Waals surface area (Å²) in [6, 6.07) is 6.10. The Morgan fingerprint density at radius 3 is 2.79 bits per heavy atom. The van der Waals surface area contributed by atoms with Crippen LogP contribution in [0, 0.1) is 0 Å². The summed E-state index contributed by atoms with van der Waals surface area (Å²) in [5.41, 5.74) is 2.27. The highest BCUT2D eigenvalue weighted by Gasteiger charge is 2.43. The molecule has 0 aromatic heterocycles. The maximum atomic E-state index is 11.2. The number of carbonyl (C=O) groups is 1. The third-order valence-electron chi connectivity index (χ3n) is 3.53. The normalized spacial score (nSPS) is 16.2. The number of rotatable bonds is 6. The highest BCUT2D eigenvalue weighted by Crippen LogP contribution is 2.40. The van der Waals surface area contributed by atoms with Crippen molar-refractivity contribution in [3.63, 3.8) is 0 Å². The second-order valence-electron chi connectivity index (χ2n) is 5.31. The predicted molar refractivity (Wildman–Crippen MR) is 76.5 cm³/mol. The molecule has 0 aliphatic heterocycles. The number of hydrogen-bond acceptors (Lipinski definition) is 2. The van der Waals surface area contributed by atoms with E-state index in [1.54, 1.807) is 14.0 Å². The van der Waals surface area contributed by atoms with Crippen LogP contribution in [-0.4, -0.2) is 25.2 Å². The lowest BCUT2D eigenvalue weighted by atomic mass is 10.0. The van der Waals surface area contributed by atoms with Crippen LogP contribution in [0.25, 0.3) is 0 Å². The molecule has 104 valence electrons. The summed E-state index contributed by atoms with van der Waals surface area (Å²) in [4.78, 5) is 11.2. The Balaban J connectivity index is 2.08. The zero-order valence-electron chi connectivity index (χ0n) is 11.5. The van der Waals surface area contributed by atoms with E-state index in [1.165, 1.54) is 5.56 Å². The average Bonchev–Trinajstić information content (AvgIpc) is 3.09. The number of nitrogens with one attached hydrogen (secondary N) is 1. The molecular weight excluding hydrogens is 262 g/mol. The summed E-state index contributed by atoms with van der Waals surface area (Å²) >= 11 is 6.26. The van der Waals surface area contributed by atoms with Crippen LogP contribution in [-0.2, 0) is 22.4 Å². The number of halogens is 1. The van der Waals surface area contributed by atoms with E-state index in [2.05, 4.69) is 11.4 Å². The summed E-state index contributed by atoms with van der Waals surface area (Å²) < 4.78 is 5.09. The molecule has 1 saturated carbocycles. The first kappa shape index (κ1) is 14.4. The zero-order valence-corrected chi connectivity index (χ0v) is 12.2. The van der Waals surface area contributed by atoms with E-state index >= 15 is 0 Å². The van der Waals surface area contributed by atoms with Gasteiger partial charge in [0, 0.05) is 24.6 Å². The van der Waals surface area contributed by atoms with Crippen molar-refractivity contribution in [2.24, 2.45) is 0 Å². The summed E-state index contributed by atoms with van der Waals surface area (Å²) in [6.45, 7) is 2.27. The number of hydrogen-bond donors (Lipinski definition) is 1. The van der Waals surface area contributed by atoms with Crippen molar-refractivity contribution in [1.29, 1.82) is 0 Å². The number of methoxy groups -OCH3 is 1. The predicted octanol–water partition coefficient (Wildman–Crippen LogP) is 2.74. The first-order valence-corrected chi connectivity index (χ1v) is 6.97. The van der Waals surface area contributed by atoms with Crippen LogP contribution < -0.4 is 5.32 Å². The fraction of sp³-hybridized carbons (Fsp3) is 0.533. The molecule has 19 heavy (non-hydrogen) atoms. The quantitative estimate of drug-likeness (QED) is 0.871. The molecule has 1 aliphatic rings. The first-order valence-electron chi connectivity index (χ1n) is 6.60. The standard InChI is InChI=1S/C15H20ClNO2/c1-11(18)17-15(6-7-15)10-13-9-12(5-8-19-2)3-4-14(13)16/h3-4,9H,5-8,10H2,1-2H3,(H,17,18). The van der Waals surface area contributed by atoms with Gasteiger partial charge >= 0.3 is 0 Å². The Labute approximate surface area is 119 Å². The van der Waals surface area contributed by atoms with Crippen LogP contribution in [0.15, 0.2) is 18.2 Å². The molecule has 1 aromatic rings. The minimum Gasteiger partial charge on any atom is -0.384 e. The Morgan fingerprint density at radius 1 is 1.47 bits per heavy atom. The summed E-state index contributed by atoms with van der Waals surface area (Å²) in [6.07, 6.45) is 3.76. The van der Waals surface area contributed by atoms with Crippen LogP contribution in [0.2, 0.25) is 5.02 Å². The molecule has 0 spiro atoms. The van der Waals surface area contributed by atoms with Gasteiger partial charge < -0.3 is 10.1 Å². The van der Waals surface area contributed by atoms with Gasteiger partial charge in [0.25, 0.3) is 0 Å². The second-order valence-corrected chi connectivity index (χ2v) is 5.71. The lowest BCUT2D eigenvalue weighted by Gasteiger charge is -2.17. The topological polar surface area (TPSA) is 38.3 Å². The van der Waals surface area contributed by atoms with Crippen LogP contribution in [0.5, 0.6) is 0 Å². The molecule has 3 nitrogen and oxygen atoms in total. The molecule has 1 fully saturated rings. The zero-order chi connectivity index (χ0) is 13.9. The van der Waals surface area contributed by atoms with Gasteiger partial charge in [-0.05, 0) is 42.9 Å². The Kier molecular flexibility index (Phi) is 4.48. The largest absolute Gasteiger partial charge is 0.384 e. The summed E-state index contributed by atoms with van der Waals surface area (Å²) in [5, 5.41) is 3.82. The second kappa shape index (κ2) is 5.93. The fourth-order valence-electron chi connectivity index (χ4n) is 2.37. The molecule has 1 N–H and O–H groups in total. The van der Waals surface area contributed by atoms with Gasteiger partial charge in [-0.2, -0.15) is 0 Å². The van der Waals surface area contributed by atoms with Crippen molar-refractivity contribution in [1.82, 2.24) is 5.32 Å². The molecule has 2 rings (SSSR count). The number of carbonyl (C=O) groups excluding carboxylic acids is 1. The van der Waals surface area contributed by atoms with Crippen molar-refractivity contribution in [2.75, 3.05) is 13.7 Å². The van der Waals surface area contributed by atoms with E-state index in [-0.39, 0.29) is 11.4 Å². The van der Waals surface area contributed by atoms with E-state index in [0.29, 0.717) is 6.61 Å². The maximum absolute atomic E-state index is 11.2. The van der Waals surface area contributed by atoms with Crippen molar-refractivity contribution >= 4 is 17.5 Å². The van der Waals surface area contributed by atoms with Gasteiger partial charge in [-0.3, -0.25) is 4.79 Å². The van der Waals surface area contributed by atoms with Gasteiger partial charge in [0.2, 0.25) is 5.91 Å². The number of benzene rings is 1. The molecule has 0 unspecified atom stereocenters. The van der Waals surface area contributed by atoms with Gasteiger partial charge in [-0.1, -0.05) is 23.7 Å². The van der Waals surface area contributed by atoms with Crippen LogP contribution in [0.4, 0.5) is 0 Å². The lowest BCUT2D eigenvalue weighted by Crippen LogP contribution is -2.37. The smallest absolute Gasteiger partial charge is 0.217 e. The molecule has 1 aromatic carbocycles. The Morgan fingerprint density at radius 2 is 2.21 bits per heavy atom. The molecule has 0 heterocycles. The molecule has 0 bridgehead atoms. The van der Waals surface area contributed by atoms with Crippen molar-refractivity contribution in [3.8, 4) is 0 Å². The molecule has 1 aliphatic carbocycles. The molecule has 0 atom stereocenters. The highest BCUT2D eigenvalue weighted by molar-refractivity contribution is 6.31. The fourth-order valence-corrected chi connectivity index (χ4v) is 2.56. The minimum absolute atomic E-state index is 0.0316. The van der Waals surface area contributed by atoms with Crippen molar-refractivity contribution in [2.45, 2.75) is 38.1 Å². The summed E-state index contributed by atoms with van der Waals surface area (Å²) in [5.74, 6) is 0.0316. The minimum atomic E-state index is -0.0602. The van der Waals surface area contributed by atoms with E-state index < -0.39 is 0 Å². The average molecular weight is 282 g/mol. The number of amides is 1. The van der Waals surface area contributed by atoms with Gasteiger partial charge in [-0.15, -0.1) is 0 Å². The lowest BCUT2D eigenvalue weighted by molar-refractivity contribution is -0.119. The molecule has 1 amide bonds. The Bertz CT molecular complexity index is 469. The third kappa shape index (κ3) is 3.95. The molecule has 0 radical (unpaired) electrons. The van der Waals surface area contributed by atoms with Gasteiger partial charge in [0.15, 0.2) is 0 Å². The van der Waals surface area contributed by atoms with Gasteiger partial charge in [0.05, 0.1) is 6.61 Å². The summed E-state index contributed by atoms with van der Waals surface area (Å²) in [7, 11) is 1.70.